The number of aliphatic hydroxyl groups excluding tert-OH is 1. The smallest absolute Gasteiger partial charge is 0.0775 e. The summed E-state index contributed by atoms with van der Waals surface area (Å²) in [6.07, 6.45) is 0.581. The maximum atomic E-state index is 9.43. The lowest BCUT2D eigenvalue weighted by atomic mass is 10.2. The van der Waals surface area contributed by atoms with E-state index < -0.39 is 8.07 Å². The Labute approximate surface area is 106 Å². The Kier molecular flexibility index (Phi) is 5.37. The monoisotopic (exact) mass is 251 g/mol. The van der Waals surface area contributed by atoms with Gasteiger partial charge >= 0.3 is 0 Å². The molecule has 0 bridgehead atoms. The predicted octanol–water partition coefficient (Wildman–Crippen LogP) is 2.09. The van der Waals surface area contributed by atoms with Crippen molar-refractivity contribution in [3.63, 3.8) is 0 Å². The Balaban J connectivity index is 2.46. The minimum absolute atomic E-state index is 0.226. The number of rotatable bonds is 6. The van der Waals surface area contributed by atoms with E-state index in [2.05, 4.69) is 49.2 Å². The molecule has 1 aromatic carbocycles. The molecule has 1 rings (SSSR count). The van der Waals surface area contributed by atoms with Crippen molar-refractivity contribution in [2.75, 3.05) is 6.54 Å². The van der Waals surface area contributed by atoms with Gasteiger partial charge in [0.1, 0.15) is 0 Å². The maximum Gasteiger partial charge on any atom is 0.0775 e. The Hall–Kier alpha value is -0.643. The van der Waals surface area contributed by atoms with Crippen molar-refractivity contribution in [3.05, 3.63) is 29.8 Å². The van der Waals surface area contributed by atoms with E-state index in [1.54, 1.807) is 0 Å². The second kappa shape index (κ2) is 6.33. The summed E-state index contributed by atoms with van der Waals surface area (Å²) in [4.78, 5) is 0. The van der Waals surface area contributed by atoms with E-state index in [9.17, 15) is 5.11 Å². The van der Waals surface area contributed by atoms with Gasteiger partial charge in [-0.05, 0) is 12.0 Å². The molecule has 0 heterocycles. The van der Waals surface area contributed by atoms with Crippen molar-refractivity contribution in [3.8, 4) is 0 Å². The third-order valence-corrected chi connectivity index (χ3v) is 5.07. The largest absolute Gasteiger partial charge is 0.392 e. The van der Waals surface area contributed by atoms with Crippen molar-refractivity contribution in [1.29, 1.82) is 0 Å². The van der Waals surface area contributed by atoms with Crippen molar-refractivity contribution in [2.24, 2.45) is 0 Å². The molecular formula is C14H25NOSi. The van der Waals surface area contributed by atoms with Gasteiger partial charge in [0.15, 0.2) is 0 Å². The van der Waals surface area contributed by atoms with Crippen molar-refractivity contribution >= 4 is 13.3 Å². The summed E-state index contributed by atoms with van der Waals surface area (Å²) in [7, 11) is -1.17. The molecule has 2 nitrogen and oxygen atoms in total. The predicted molar refractivity (Wildman–Crippen MR) is 77.4 cm³/mol. The molecule has 0 spiro atoms. The third-order valence-electron chi connectivity index (χ3n) is 3.00. The van der Waals surface area contributed by atoms with Crippen LogP contribution in [0.25, 0.3) is 0 Å². The molecule has 1 atom stereocenters. The summed E-state index contributed by atoms with van der Waals surface area (Å²) in [6.45, 7) is 10.6. The highest BCUT2D eigenvalue weighted by Gasteiger charge is 2.15. The van der Waals surface area contributed by atoms with E-state index in [0.717, 1.165) is 13.0 Å². The molecular weight excluding hydrogens is 226 g/mol. The zero-order valence-electron chi connectivity index (χ0n) is 11.5. The molecule has 3 heteroatoms. The second-order valence-electron chi connectivity index (χ2n) is 5.64. The van der Waals surface area contributed by atoms with Gasteiger partial charge in [-0.25, -0.2) is 0 Å². The van der Waals surface area contributed by atoms with Gasteiger partial charge in [0.05, 0.1) is 14.2 Å². The van der Waals surface area contributed by atoms with Crippen LogP contribution in [0.2, 0.25) is 19.6 Å². The standard InChI is InChI=1S/C14H25NOSi/c1-5-13(16)11-15-10-12-6-8-14(9-7-12)17(2,3)4/h6-9,13,15-16H,5,10-11H2,1-4H3. The molecule has 2 N–H and O–H groups in total. The minimum atomic E-state index is -1.17. The summed E-state index contributed by atoms with van der Waals surface area (Å²) < 4.78 is 0. The molecule has 0 aliphatic rings. The number of hydrogen-bond donors (Lipinski definition) is 2. The number of hydrogen-bond acceptors (Lipinski definition) is 2. The fourth-order valence-electron chi connectivity index (χ4n) is 1.65. The van der Waals surface area contributed by atoms with Crippen molar-refractivity contribution in [1.82, 2.24) is 5.32 Å². The van der Waals surface area contributed by atoms with Gasteiger partial charge in [-0.2, -0.15) is 0 Å². The summed E-state index contributed by atoms with van der Waals surface area (Å²) in [5.74, 6) is 0. The van der Waals surface area contributed by atoms with Gasteiger partial charge in [-0.15, -0.1) is 0 Å². The molecule has 0 amide bonds. The molecule has 1 aromatic rings. The molecule has 0 fully saturated rings. The van der Waals surface area contributed by atoms with Crippen LogP contribution in [0.15, 0.2) is 24.3 Å². The molecule has 17 heavy (non-hydrogen) atoms. The van der Waals surface area contributed by atoms with E-state index in [1.807, 2.05) is 6.92 Å². The molecule has 1 unspecified atom stereocenters. The molecule has 0 aromatic heterocycles. The van der Waals surface area contributed by atoms with Gasteiger partial charge in [0.2, 0.25) is 0 Å². The first-order chi connectivity index (χ1) is 7.93. The van der Waals surface area contributed by atoms with Gasteiger partial charge in [-0.3, -0.25) is 0 Å². The summed E-state index contributed by atoms with van der Waals surface area (Å²) in [5, 5.41) is 14.2. The van der Waals surface area contributed by atoms with E-state index in [0.29, 0.717) is 6.54 Å². The topological polar surface area (TPSA) is 32.3 Å². The first kappa shape index (κ1) is 14.4. The zero-order chi connectivity index (χ0) is 12.9. The minimum Gasteiger partial charge on any atom is -0.392 e. The fraction of sp³-hybridized carbons (Fsp3) is 0.571. The molecule has 0 radical (unpaired) electrons. The fourth-order valence-corrected chi connectivity index (χ4v) is 2.82. The molecule has 0 saturated carbocycles. The highest BCUT2D eigenvalue weighted by molar-refractivity contribution is 6.88. The van der Waals surface area contributed by atoms with Crippen LogP contribution < -0.4 is 10.5 Å². The van der Waals surface area contributed by atoms with Crippen LogP contribution in [0.3, 0.4) is 0 Å². The summed E-state index contributed by atoms with van der Waals surface area (Å²) >= 11 is 0. The second-order valence-corrected chi connectivity index (χ2v) is 10.7. The number of aliphatic hydroxyl groups is 1. The van der Waals surface area contributed by atoms with E-state index >= 15 is 0 Å². The highest BCUT2D eigenvalue weighted by Crippen LogP contribution is 2.04. The first-order valence-electron chi connectivity index (χ1n) is 6.41. The van der Waals surface area contributed by atoms with Crippen molar-refractivity contribution in [2.45, 2.75) is 45.6 Å². The van der Waals surface area contributed by atoms with Gasteiger partial charge in [-0.1, -0.05) is 56.0 Å². The average Bonchev–Trinajstić information content (AvgIpc) is 2.28. The summed E-state index contributed by atoms with van der Waals surface area (Å²) in [5.41, 5.74) is 1.29. The maximum absolute atomic E-state index is 9.43. The van der Waals surface area contributed by atoms with Gasteiger partial charge in [0, 0.05) is 13.1 Å². The van der Waals surface area contributed by atoms with Crippen LogP contribution in [0.4, 0.5) is 0 Å². The Morgan fingerprint density at radius 2 is 1.76 bits per heavy atom. The molecule has 0 saturated heterocycles. The highest BCUT2D eigenvalue weighted by atomic mass is 28.3. The van der Waals surface area contributed by atoms with Gasteiger partial charge < -0.3 is 10.4 Å². The third kappa shape index (κ3) is 5.02. The van der Waals surface area contributed by atoms with Crippen LogP contribution in [-0.2, 0) is 6.54 Å². The van der Waals surface area contributed by atoms with Crippen LogP contribution in [0.5, 0.6) is 0 Å². The molecule has 0 aliphatic heterocycles. The van der Waals surface area contributed by atoms with Crippen molar-refractivity contribution < 1.29 is 5.11 Å². The van der Waals surface area contributed by atoms with E-state index in [-0.39, 0.29) is 6.10 Å². The quantitative estimate of drug-likeness (QED) is 0.759. The lowest BCUT2D eigenvalue weighted by Gasteiger charge is -2.17. The van der Waals surface area contributed by atoms with Crippen LogP contribution in [0.1, 0.15) is 18.9 Å². The first-order valence-corrected chi connectivity index (χ1v) is 9.91. The van der Waals surface area contributed by atoms with E-state index in [4.69, 9.17) is 0 Å². The normalized spacial score (nSPS) is 13.7. The zero-order valence-corrected chi connectivity index (χ0v) is 12.5. The van der Waals surface area contributed by atoms with Crippen LogP contribution in [-0.4, -0.2) is 25.8 Å². The lowest BCUT2D eigenvalue weighted by Crippen LogP contribution is -2.37. The Morgan fingerprint density at radius 3 is 2.24 bits per heavy atom. The Morgan fingerprint density at radius 1 is 1.18 bits per heavy atom. The van der Waals surface area contributed by atoms with Crippen LogP contribution in [0, 0.1) is 0 Å². The summed E-state index contributed by atoms with van der Waals surface area (Å²) in [6, 6.07) is 8.89. The molecule has 0 aliphatic carbocycles. The Bertz CT molecular complexity index is 329. The SMILES string of the molecule is CCC(O)CNCc1ccc([Si](C)(C)C)cc1. The number of nitrogens with one attached hydrogen (secondary N) is 1. The van der Waals surface area contributed by atoms with Gasteiger partial charge in [0.25, 0.3) is 0 Å². The average molecular weight is 251 g/mol. The number of benzene rings is 1. The van der Waals surface area contributed by atoms with E-state index in [1.165, 1.54) is 10.8 Å². The van der Waals surface area contributed by atoms with Crippen LogP contribution >= 0.6 is 0 Å². The lowest BCUT2D eigenvalue weighted by molar-refractivity contribution is 0.167. The molecule has 96 valence electrons.